The molecule has 2 fully saturated rings. The van der Waals surface area contributed by atoms with Gasteiger partial charge in [0.25, 0.3) is 0 Å². The Morgan fingerprint density at radius 3 is 2.56 bits per heavy atom. The Labute approximate surface area is 54.8 Å². The fourth-order valence-corrected chi connectivity index (χ4v) is 1.79. The molecule has 0 N–H and O–H groups in total. The maximum Gasteiger partial charge on any atom is 0.154 e. The molecule has 0 aromatic heterocycles. The lowest BCUT2D eigenvalue weighted by atomic mass is 9.86. The summed E-state index contributed by atoms with van der Waals surface area (Å²) < 4.78 is 0. The van der Waals surface area contributed by atoms with Crippen LogP contribution in [0.25, 0.3) is 0 Å². The minimum Gasteiger partial charge on any atom is -0.298 e. The number of fused-ring (bicyclic) bond motifs is 1. The summed E-state index contributed by atoms with van der Waals surface area (Å²) in [7, 11) is 0. The van der Waals surface area contributed by atoms with E-state index < -0.39 is 0 Å². The van der Waals surface area contributed by atoms with Crippen molar-refractivity contribution in [2.75, 3.05) is 13.1 Å². The standard InChI is InChI=1S/C7H11NO/c1-7-3-5-8(7)4-2-6(7)9/h2-5H2,1H3. The summed E-state index contributed by atoms with van der Waals surface area (Å²) in [6, 6.07) is 0. The lowest BCUT2D eigenvalue weighted by Gasteiger charge is -2.43. The largest absolute Gasteiger partial charge is 0.298 e. The smallest absolute Gasteiger partial charge is 0.154 e. The van der Waals surface area contributed by atoms with Crippen molar-refractivity contribution in [2.45, 2.75) is 25.3 Å². The van der Waals surface area contributed by atoms with Gasteiger partial charge in [0.2, 0.25) is 0 Å². The van der Waals surface area contributed by atoms with Crippen LogP contribution >= 0.6 is 0 Å². The maximum atomic E-state index is 11.1. The zero-order valence-corrected chi connectivity index (χ0v) is 5.68. The zero-order chi connectivity index (χ0) is 6.48. The molecule has 0 bridgehead atoms. The number of hydrogen-bond acceptors (Lipinski definition) is 2. The lowest BCUT2D eigenvalue weighted by Crippen LogP contribution is -2.56. The number of Topliss-reactive ketones (excluding diaryl/α,β-unsaturated/α-hetero) is 1. The minimum atomic E-state index is -0.0139. The van der Waals surface area contributed by atoms with Gasteiger partial charge in [-0.05, 0) is 13.3 Å². The van der Waals surface area contributed by atoms with E-state index in [4.69, 9.17) is 0 Å². The van der Waals surface area contributed by atoms with Crippen molar-refractivity contribution in [3.8, 4) is 0 Å². The third kappa shape index (κ3) is 0.472. The summed E-state index contributed by atoms with van der Waals surface area (Å²) in [5, 5.41) is 0. The lowest BCUT2D eigenvalue weighted by molar-refractivity contribution is -0.129. The molecular formula is C7H11NO. The topological polar surface area (TPSA) is 20.3 Å². The summed E-state index contributed by atoms with van der Waals surface area (Å²) in [6.07, 6.45) is 1.88. The van der Waals surface area contributed by atoms with Gasteiger partial charge in [0, 0.05) is 19.5 Å². The van der Waals surface area contributed by atoms with E-state index in [1.54, 1.807) is 0 Å². The third-order valence-electron chi connectivity index (χ3n) is 2.78. The van der Waals surface area contributed by atoms with Crippen molar-refractivity contribution < 1.29 is 4.79 Å². The molecule has 0 aromatic rings. The second-order valence-electron chi connectivity index (χ2n) is 3.18. The first kappa shape index (κ1) is 5.42. The van der Waals surface area contributed by atoms with E-state index in [0.717, 1.165) is 25.9 Å². The molecule has 0 aromatic carbocycles. The average molecular weight is 125 g/mol. The highest BCUT2D eigenvalue weighted by molar-refractivity contribution is 5.91. The van der Waals surface area contributed by atoms with Crippen LogP contribution < -0.4 is 0 Å². The highest BCUT2D eigenvalue weighted by Gasteiger charge is 2.50. The van der Waals surface area contributed by atoms with E-state index in [-0.39, 0.29) is 5.54 Å². The highest BCUT2D eigenvalue weighted by Crippen LogP contribution is 2.36. The molecule has 1 atom stereocenters. The van der Waals surface area contributed by atoms with E-state index in [1.807, 2.05) is 0 Å². The molecule has 2 saturated heterocycles. The maximum absolute atomic E-state index is 11.1. The van der Waals surface area contributed by atoms with Crippen LogP contribution in [0.1, 0.15) is 19.8 Å². The number of nitrogens with zero attached hydrogens (tertiary/aromatic N) is 1. The Hall–Kier alpha value is -0.370. The second kappa shape index (κ2) is 1.37. The first-order valence-corrected chi connectivity index (χ1v) is 3.52. The average Bonchev–Trinajstić information content (AvgIpc) is 1.96. The monoisotopic (exact) mass is 125 g/mol. The SMILES string of the molecule is CC12CCN1CCC2=O. The van der Waals surface area contributed by atoms with Crippen molar-refractivity contribution in [2.24, 2.45) is 0 Å². The van der Waals surface area contributed by atoms with Crippen molar-refractivity contribution in [3.63, 3.8) is 0 Å². The van der Waals surface area contributed by atoms with Gasteiger partial charge in [-0.2, -0.15) is 0 Å². The van der Waals surface area contributed by atoms with Crippen molar-refractivity contribution >= 4 is 5.78 Å². The van der Waals surface area contributed by atoms with E-state index >= 15 is 0 Å². The Kier molecular flexibility index (Phi) is 0.826. The van der Waals surface area contributed by atoms with Crippen LogP contribution in [0.2, 0.25) is 0 Å². The van der Waals surface area contributed by atoms with Gasteiger partial charge in [-0.25, -0.2) is 0 Å². The summed E-state index contributed by atoms with van der Waals surface area (Å²) in [5.74, 6) is 0.453. The van der Waals surface area contributed by atoms with Crippen LogP contribution in [0.3, 0.4) is 0 Å². The van der Waals surface area contributed by atoms with Gasteiger partial charge in [-0.3, -0.25) is 9.69 Å². The van der Waals surface area contributed by atoms with Crippen LogP contribution in [0, 0.1) is 0 Å². The Morgan fingerprint density at radius 2 is 2.33 bits per heavy atom. The summed E-state index contributed by atoms with van der Waals surface area (Å²) in [4.78, 5) is 13.4. The first-order valence-electron chi connectivity index (χ1n) is 3.52. The molecule has 0 saturated carbocycles. The van der Waals surface area contributed by atoms with Gasteiger partial charge in [0.05, 0.1) is 5.54 Å². The molecule has 0 aliphatic carbocycles. The van der Waals surface area contributed by atoms with Crippen molar-refractivity contribution in [3.05, 3.63) is 0 Å². The quantitative estimate of drug-likeness (QED) is 0.467. The number of rotatable bonds is 0. The van der Waals surface area contributed by atoms with Crippen LogP contribution in [-0.2, 0) is 4.79 Å². The normalized spacial score (nSPS) is 42.6. The molecule has 2 aliphatic rings. The van der Waals surface area contributed by atoms with E-state index in [9.17, 15) is 4.79 Å². The van der Waals surface area contributed by atoms with Gasteiger partial charge < -0.3 is 0 Å². The van der Waals surface area contributed by atoms with Gasteiger partial charge >= 0.3 is 0 Å². The van der Waals surface area contributed by atoms with Crippen LogP contribution in [0.5, 0.6) is 0 Å². The van der Waals surface area contributed by atoms with E-state index in [1.165, 1.54) is 0 Å². The molecule has 0 radical (unpaired) electrons. The van der Waals surface area contributed by atoms with Gasteiger partial charge in [0.1, 0.15) is 0 Å². The molecule has 9 heavy (non-hydrogen) atoms. The fourth-order valence-electron chi connectivity index (χ4n) is 1.79. The highest BCUT2D eigenvalue weighted by atomic mass is 16.1. The molecule has 50 valence electrons. The zero-order valence-electron chi connectivity index (χ0n) is 5.68. The molecule has 2 heteroatoms. The Morgan fingerprint density at radius 1 is 1.56 bits per heavy atom. The molecule has 2 aliphatic heterocycles. The molecule has 2 rings (SSSR count). The van der Waals surface area contributed by atoms with Gasteiger partial charge in [-0.1, -0.05) is 0 Å². The van der Waals surface area contributed by atoms with Crippen LogP contribution in [-0.4, -0.2) is 29.3 Å². The summed E-state index contributed by atoms with van der Waals surface area (Å²) >= 11 is 0. The third-order valence-corrected chi connectivity index (χ3v) is 2.78. The summed E-state index contributed by atoms with van der Waals surface area (Å²) in [6.45, 7) is 4.21. The molecular weight excluding hydrogens is 114 g/mol. The number of hydrogen-bond donors (Lipinski definition) is 0. The Balaban J connectivity index is 2.28. The fraction of sp³-hybridized carbons (Fsp3) is 0.857. The summed E-state index contributed by atoms with van der Waals surface area (Å²) in [5.41, 5.74) is -0.0139. The van der Waals surface area contributed by atoms with Crippen molar-refractivity contribution in [1.29, 1.82) is 0 Å². The molecule has 2 nitrogen and oxygen atoms in total. The minimum absolute atomic E-state index is 0.0139. The number of ketones is 1. The molecule has 1 unspecified atom stereocenters. The van der Waals surface area contributed by atoms with Crippen LogP contribution in [0.15, 0.2) is 0 Å². The van der Waals surface area contributed by atoms with Gasteiger partial charge in [0.15, 0.2) is 5.78 Å². The second-order valence-corrected chi connectivity index (χ2v) is 3.18. The molecule has 0 amide bonds. The first-order chi connectivity index (χ1) is 4.23. The number of carbonyl (C=O) groups excluding carboxylic acids is 1. The predicted octanol–water partition coefficient (Wildman–Crippen LogP) is 0.424. The Bertz CT molecular complexity index is 166. The predicted molar refractivity (Wildman–Crippen MR) is 34.2 cm³/mol. The van der Waals surface area contributed by atoms with Crippen molar-refractivity contribution in [1.82, 2.24) is 4.90 Å². The molecule has 0 spiro atoms. The molecule has 2 heterocycles. The van der Waals surface area contributed by atoms with Gasteiger partial charge in [-0.15, -0.1) is 0 Å². The van der Waals surface area contributed by atoms with Crippen LogP contribution in [0.4, 0.5) is 0 Å². The van der Waals surface area contributed by atoms with E-state index in [0.29, 0.717) is 5.78 Å². The van der Waals surface area contributed by atoms with E-state index in [2.05, 4.69) is 11.8 Å². The number of carbonyl (C=O) groups is 1.